The van der Waals surface area contributed by atoms with Gasteiger partial charge in [-0.25, -0.2) is 4.98 Å². The number of ether oxygens (including phenoxy) is 2. The van der Waals surface area contributed by atoms with Gasteiger partial charge in [-0.15, -0.1) is 23.1 Å². The fourth-order valence-corrected chi connectivity index (χ4v) is 3.66. The van der Waals surface area contributed by atoms with E-state index in [0.717, 1.165) is 35.2 Å². The molecule has 1 aliphatic heterocycles. The van der Waals surface area contributed by atoms with Crippen molar-refractivity contribution in [3.63, 3.8) is 0 Å². The SMILES string of the molecule is Clc1ncc(CSc2ccc3c(c2)OCCCO3)s1. The number of halogens is 1. The van der Waals surface area contributed by atoms with Crippen molar-refractivity contribution >= 4 is 34.7 Å². The van der Waals surface area contributed by atoms with E-state index in [1.807, 2.05) is 18.3 Å². The largest absolute Gasteiger partial charge is 0.490 e. The van der Waals surface area contributed by atoms with Crippen LogP contribution in [0.15, 0.2) is 29.3 Å². The maximum absolute atomic E-state index is 5.82. The van der Waals surface area contributed by atoms with Crippen LogP contribution in [0, 0.1) is 0 Å². The topological polar surface area (TPSA) is 31.4 Å². The summed E-state index contributed by atoms with van der Waals surface area (Å²) in [5, 5.41) is 0. The van der Waals surface area contributed by atoms with Crippen molar-refractivity contribution in [1.82, 2.24) is 4.98 Å². The highest BCUT2D eigenvalue weighted by Crippen LogP contribution is 2.35. The molecule has 3 nitrogen and oxygen atoms in total. The number of benzene rings is 1. The van der Waals surface area contributed by atoms with E-state index >= 15 is 0 Å². The van der Waals surface area contributed by atoms with Gasteiger partial charge in [-0.3, -0.25) is 0 Å². The number of rotatable bonds is 3. The van der Waals surface area contributed by atoms with Crippen LogP contribution in [0.3, 0.4) is 0 Å². The first-order chi connectivity index (χ1) is 9.31. The number of aromatic nitrogens is 1. The molecule has 0 aliphatic carbocycles. The second-order valence-corrected chi connectivity index (χ2v) is 6.77. The van der Waals surface area contributed by atoms with Gasteiger partial charge in [-0.05, 0) is 18.2 Å². The van der Waals surface area contributed by atoms with Gasteiger partial charge in [0.15, 0.2) is 16.0 Å². The van der Waals surface area contributed by atoms with Crippen molar-refractivity contribution in [3.05, 3.63) is 33.7 Å². The zero-order valence-corrected chi connectivity index (χ0v) is 12.5. The Kier molecular flexibility index (Phi) is 4.15. The number of nitrogens with zero attached hydrogens (tertiary/aromatic N) is 1. The van der Waals surface area contributed by atoms with Crippen LogP contribution in [0.4, 0.5) is 0 Å². The van der Waals surface area contributed by atoms with Crippen molar-refractivity contribution in [3.8, 4) is 11.5 Å². The predicted octanol–water partition coefficient (Wildman–Crippen LogP) is 4.25. The first-order valence-electron chi connectivity index (χ1n) is 5.94. The molecule has 3 rings (SSSR count). The Balaban J connectivity index is 1.69. The standard InChI is InChI=1S/C13H12ClNO2S2/c14-13-15-7-10(19-13)8-18-9-2-3-11-12(6-9)17-5-1-4-16-11/h2-3,6-7H,1,4-5,8H2. The average Bonchev–Trinajstić information content (AvgIpc) is 2.70. The Hall–Kier alpha value is -0.910. The van der Waals surface area contributed by atoms with Crippen molar-refractivity contribution < 1.29 is 9.47 Å². The molecule has 1 aliphatic rings. The number of thioether (sulfide) groups is 1. The van der Waals surface area contributed by atoms with Gasteiger partial charge in [-0.1, -0.05) is 11.6 Å². The Morgan fingerprint density at radius 3 is 2.89 bits per heavy atom. The van der Waals surface area contributed by atoms with Crippen LogP contribution < -0.4 is 9.47 Å². The summed E-state index contributed by atoms with van der Waals surface area (Å²) < 4.78 is 11.9. The molecule has 1 aromatic carbocycles. The molecule has 100 valence electrons. The lowest BCUT2D eigenvalue weighted by Crippen LogP contribution is -1.97. The molecule has 0 amide bonds. The van der Waals surface area contributed by atoms with Gasteiger partial charge in [0, 0.05) is 28.1 Å². The lowest BCUT2D eigenvalue weighted by molar-refractivity contribution is 0.297. The summed E-state index contributed by atoms with van der Waals surface area (Å²) in [6.45, 7) is 1.43. The second-order valence-electron chi connectivity index (χ2n) is 4.03. The smallest absolute Gasteiger partial charge is 0.183 e. The Labute approximate surface area is 124 Å². The van der Waals surface area contributed by atoms with Crippen molar-refractivity contribution in [2.45, 2.75) is 17.1 Å². The quantitative estimate of drug-likeness (QED) is 0.793. The highest BCUT2D eigenvalue weighted by Gasteiger charge is 2.11. The molecule has 6 heteroatoms. The summed E-state index contributed by atoms with van der Waals surface area (Å²) in [5.74, 6) is 2.54. The molecular formula is C13H12ClNO2S2. The summed E-state index contributed by atoms with van der Waals surface area (Å²) in [7, 11) is 0. The van der Waals surface area contributed by atoms with E-state index in [4.69, 9.17) is 21.1 Å². The molecule has 2 heterocycles. The monoisotopic (exact) mass is 313 g/mol. The van der Waals surface area contributed by atoms with Crippen LogP contribution in [0.5, 0.6) is 11.5 Å². The number of fused-ring (bicyclic) bond motifs is 1. The zero-order valence-electron chi connectivity index (χ0n) is 10.1. The van der Waals surface area contributed by atoms with E-state index in [1.54, 1.807) is 11.8 Å². The minimum Gasteiger partial charge on any atom is -0.490 e. The van der Waals surface area contributed by atoms with Crippen molar-refractivity contribution in [2.75, 3.05) is 13.2 Å². The molecule has 0 N–H and O–H groups in total. The molecule has 0 bridgehead atoms. The lowest BCUT2D eigenvalue weighted by atomic mass is 10.3. The third-order valence-corrected chi connectivity index (χ3v) is 4.97. The summed E-state index contributed by atoms with van der Waals surface area (Å²) in [4.78, 5) is 6.37. The van der Waals surface area contributed by atoms with Crippen molar-refractivity contribution in [1.29, 1.82) is 0 Å². The van der Waals surface area contributed by atoms with E-state index in [2.05, 4.69) is 11.1 Å². The van der Waals surface area contributed by atoms with Crippen molar-refractivity contribution in [2.24, 2.45) is 0 Å². The Bertz CT molecular complexity index is 574. The Morgan fingerprint density at radius 1 is 1.26 bits per heavy atom. The first-order valence-corrected chi connectivity index (χ1v) is 8.12. The molecule has 0 saturated carbocycles. The fraction of sp³-hybridized carbons (Fsp3) is 0.308. The van der Waals surface area contributed by atoms with E-state index in [-0.39, 0.29) is 0 Å². The van der Waals surface area contributed by atoms with Gasteiger partial charge in [0.2, 0.25) is 0 Å². The minimum atomic E-state index is 0.592. The zero-order chi connectivity index (χ0) is 13.1. The van der Waals surface area contributed by atoms with E-state index in [1.165, 1.54) is 16.2 Å². The molecule has 0 fully saturated rings. The summed E-state index contributed by atoms with van der Waals surface area (Å²) >= 11 is 9.08. The first kappa shape index (κ1) is 13.1. The summed E-state index contributed by atoms with van der Waals surface area (Å²) in [6, 6.07) is 6.07. The molecule has 0 atom stereocenters. The summed E-state index contributed by atoms with van der Waals surface area (Å²) in [5.41, 5.74) is 0. The third-order valence-electron chi connectivity index (χ3n) is 2.63. The number of thiazole rings is 1. The molecule has 19 heavy (non-hydrogen) atoms. The van der Waals surface area contributed by atoms with Gasteiger partial charge >= 0.3 is 0 Å². The predicted molar refractivity (Wildman–Crippen MR) is 78.7 cm³/mol. The van der Waals surface area contributed by atoms with E-state index in [9.17, 15) is 0 Å². The summed E-state index contributed by atoms with van der Waals surface area (Å²) in [6.07, 6.45) is 2.75. The normalized spacial score (nSPS) is 14.2. The Morgan fingerprint density at radius 2 is 2.11 bits per heavy atom. The molecule has 0 saturated heterocycles. The van der Waals surface area contributed by atoms with Crippen LogP contribution in [0.25, 0.3) is 0 Å². The highest BCUT2D eigenvalue weighted by atomic mass is 35.5. The molecular weight excluding hydrogens is 302 g/mol. The maximum Gasteiger partial charge on any atom is 0.183 e. The van der Waals surface area contributed by atoms with Gasteiger partial charge in [-0.2, -0.15) is 0 Å². The molecule has 2 aromatic rings. The highest BCUT2D eigenvalue weighted by molar-refractivity contribution is 7.98. The average molecular weight is 314 g/mol. The molecule has 0 spiro atoms. The third kappa shape index (κ3) is 3.35. The number of hydrogen-bond acceptors (Lipinski definition) is 5. The van der Waals surface area contributed by atoms with Crippen LogP contribution >= 0.6 is 34.7 Å². The van der Waals surface area contributed by atoms with E-state index < -0.39 is 0 Å². The van der Waals surface area contributed by atoms with Gasteiger partial charge in [0.05, 0.1) is 13.2 Å². The molecule has 0 unspecified atom stereocenters. The van der Waals surface area contributed by atoms with Crippen LogP contribution in [-0.4, -0.2) is 18.2 Å². The minimum absolute atomic E-state index is 0.592. The lowest BCUT2D eigenvalue weighted by Gasteiger charge is -2.08. The van der Waals surface area contributed by atoms with Crippen LogP contribution in [-0.2, 0) is 5.75 Å². The number of hydrogen-bond donors (Lipinski definition) is 0. The maximum atomic E-state index is 5.82. The van der Waals surface area contributed by atoms with Gasteiger partial charge in [0.25, 0.3) is 0 Å². The van der Waals surface area contributed by atoms with Crippen LogP contribution in [0.2, 0.25) is 4.47 Å². The van der Waals surface area contributed by atoms with E-state index in [0.29, 0.717) is 11.1 Å². The second kappa shape index (κ2) is 6.03. The molecule has 0 radical (unpaired) electrons. The van der Waals surface area contributed by atoms with Gasteiger partial charge in [0.1, 0.15) is 0 Å². The van der Waals surface area contributed by atoms with Gasteiger partial charge < -0.3 is 9.47 Å². The van der Waals surface area contributed by atoms with Crippen LogP contribution in [0.1, 0.15) is 11.3 Å². The fourth-order valence-electron chi connectivity index (χ4n) is 1.74. The molecule has 1 aromatic heterocycles.